The van der Waals surface area contributed by atoms with Crippen molar-refractivity contribution in [3.05, 3.63) is 45.7 Å². The highest BCUT2D eigenvalue weighted by Gasteiger charge is 2.27. The second-order valence-corrected chi connectivity index (χ2v) is 5.97. The quantitative estimate of drug-likeness (QED) is 0.903. The maximum atomic E-state index is 12.2. The summed E-state index contributed by atoms with van der Waals surface area (Å²) in [6.07, 6.45) is 1.30. The molecule has 1 amide bonds. The van der Waals surface area contributed by atoms with Crippen LogP contribution in [-0.2, 0) is 5.54 Å². The van der Waals surface area contributed by atoms with Gasteiger partial charge in [0.05, 0.1) is 11.1 Å². The largest absolute Gasteiger partial charge is 0.478 e. The van der Waals surface area contributed by atoms with Gasteiger partial charge in [0.15, 0.2) is 0 Å². The van der Waals surface area contributed by atoms with Crippen molar-refractivity contribution < 1.29 is 14.7 Å². The Morgan fingerprint density at radius 1 is 1.38 bits per heavy atom. The van der Waals surface area contributed by atoms with Crippen LogP contribution in [-0.4, -0.2) is 27.0 Å². The smallest absolute Gasteiger partial charge is 0.335 e. The van der Waals surface area contributed by atoms with Gasteiger partial charge < -0.3 is 10.4 Å². The number of amides is 1. The topological polar surface area (TPSA) is 92.2 Å². The Kier molecular flexibility index (Phi) is 4.04. The minimum absolute atomic E-state index is 0.0260. The lowest BCUT2D eigenvalue weighted by molar-refractivity contribution is 0.0696. The van der Waals surface area contributed by atoms with E-state index in [0.29, 0.717) is 0 Å². The Balaban J connectivity index is 2.21. The van der Waals surface area contributed by atoms with Gasteiger partial charge in [-0.2, -0.15) is 0 Å². The van der Waals surface area contributed by atoms with Crippen LogP contribution in [0.3, 0.4) is 0 Å². The second-order valence-electron chi connectivity index (χ2n) is 5.11. The van der Waals surface area contributed by atoms with E-state index in [1.54, 1.807) is 0 Å². The number of carbonyl (C=O) groups excluding carboxylic acids is 1. The monoisotopic (exact) mass is 305 g/mol. The fourth-order valence-electron chi connectivity index (χ4n) is 1.73. The predicted octanol–water partition coefficient (Wildman–Crippen LogP) is 2.21. The Bertz CT molecular complexity index is 694. The minimum atomic E-state index is -1.10. The molecule has 2 aromatic heterocycles. The highest BCUT2D eigenvalue weighted by Crippen LogP contribution is 2.24. The molecular weight excluding hydrogens is 290 g/mol. The van der Waals surface area contributed by atoms with Crippen molar-refractivity contribution in [3.8, 4) is 0 Å². The number of nitrogens with zero attached hydrogens (tertiary/aromatic N) is 2. The third kappa shape index (κ3) is 3.43. The number of thiazole rings is 1. The molecule has 0 spiro atoms. The van der Waals surface area contributed by atoms with Crippen molar-refractivity contribution in [1.82, 2.24) is 15.3 Å². The molecule has 7 heteroatoms. The van der Waals surface area contributed by atoms with Crippen LogP contribution in [0.2, 0.25) is 0 Å². The molecule has 0 radical (unpaired) electrons. The highest BCUT2D eigenvalue weighted by molar-refractivity contribution is 7.09. The first-order valence-corrected chi connectivity index (χ1v) is 7.12. The number of aromatic nitrogens is 2. The van der Waals surface area contributed by atoms with E-state index in [9.17, 15) is 9.59 Å². The van der Waals surface area contributed by atoms with Crippen molar-refractivity contribution in [2.75, 3.05) is 0 Å². The van der Waals surface area contributed by atoms with Crippen molar-refractivity contribution in [3.63, 3.8) is 0 Å². The van der Waals surface area contributed by atoms with Gasteiger partial charge in [-0.05, 0) is 32.9 Å². The van der Waals surface area contributed by atoms with Crippen molar-refractivity contribution in [1.29, 1.82) is 0 Å². The van der Waals surface area contributed by atoms with Crippen LogP contribution in [0.25, 0.3) is 0 Å². The highest BCUT2D eigenvalue weighted by atomic mass is 32.1. The number of hydrogen-bond acceptors (Lipinski definition) is 5. The van der Waals surface area contributed by atoms with Crippen LogP contribution < -0.4 is 5.32 Å². The first kappa shape index (κ1) is 15.1. The van der Waals surface area contributed by atoms with Gasteiger partial charge in [-0.1, -0.05) is 0 Å². The van der Waals surface area contributed by atoms with Crippen LogP contribution in [0.5, 0.6) is 0 Å². The number of nitrogens with one attached hydrogen (secondary N) is 1. The predicted molar refractivity (Wildman–Crippen MR) is 78.5 cm³/mol. The van der Waals surface area contributed by atoms with Crippen molar-refractivity contribution in [2.45, 2.75) is 26.3 Å². The summed E-state index contributed by atoms with van der Waals surface area (Å²) in [4.78, 5) is 31.4. The zero-order valence-corrected chi connectivity index (χ0v) is 12.7. The number of hydrogen-bond donors (Lipinski definition) is 2. The Morgan fingerprint density at radius 3 is 2.67 bits per heavy atom. The van der Waals surface area contributed by atoms with Gasteiger partial charge in [0.1, 0.15) is 10.7 Å². The molecule has 0 saturated carbocycles. The van der Waals surface area contributed by atoms with Crippen LogP contribution in [0.15, 0.2) is 23.7 Å². The van der Waals surface area contributed by atoms with Crippen LogP contribution in [0.1, 0.15) is 45.4 Å². The molecule has 0 aliphatic heterocycles. The van der Waals surface area contributed by atoms with E-state index < -0.39 is 17.4 Å². The van der Waals surface area contributed by atoms with Crippen molar-refractivity contribution in [2.24, 2.45) is 0 Å². The normalized spacial score (nSPS) is 11.2. The summed E-state index contributed by atoms with van der Waals surface area (Å²) >= 11 is 1.46. The molecule has 0 saturated heterocycles. The molecule has 0 bridgehead atoms. The fourth-order valence-corrected chi connectivity index (χ4v) is 2.61. The first-order chi connectivity index (χ1) is 9.79. The summed E-state index contributed by atoms with van der Waals surface area (Å²) in [5.74, 6) is -1.53. The first-order valence-electron chi connectivity index (χ1n) is 6.24. The minimum Gasteiger partial charge on any atom is -0.478 e. The number of aromatic carboxylic acids is 1. The Hall–Kier alpha value is -2.28. The average molecular weight is 305 g/mol. The SMILES string of the molecule is Cc1csc(C(C)(C)NC(=O)c2cc(C(=O)O)ccn2)n1. The molecule has 2 heterocycles. The fraction of sp³-hybridized carbons (Fsp3) is 0.286. The number of carboxylic acid groups (broad SMARTS) is 1. The maximum absolute atomic E-state index is 12.2. The molecule has 6 nitrogen and oxygen atoms in total. The number of carbonyl (C=O) groups is 2. The standard InChI is InChI=1S/C14H15N3O3S/c1-8-7-21-13(16-8)14(2,3)17-11(18)10-6-9(12(19)20)4-5-15-10/h4-7H,1-3H3,(H,17,18)(H,19,20). The molecule has 2 N–H and O–H groups in total. The lowest BCUT2D eigenvalue weighted by Gasteiger charge is -2.23. The van der Waals surface area contributed by atoms with E-state index in [-0.39, 0.29) is 11.3 Å². The van der Waals surface area contributed by atoms with E-state index in [0.717, 1.165) is 10.7 Å². The third-order valence-corrected chi connectivity index (χ3v) is 4.10. The van der Waals surface area contributed by atoms with Gasteiger partial charge in [0.2, 0.25) is 0 Å². The lowest BCUT2D eigenvalue weighted by Crippen LogP contribution is -2.41. The summed E-state index contributed by atoms with van der Waals surface area (Å²) in [7, 11) is 0. The third-order valence-electron chi connectivity index (χ3n) is 2.82. The number of rotatable bonds is 4. The molecule has 110 valence electrons. The molecular formula is C14H15N3O3S. The van der Waals surface area contributed by atoms with Gasteiger partial charge in [0.25, 0.3) is 5.91 Å². The molecule has 0 aromatic carbocycles. The van der Waals surface area contributed by atoms with E-state index in [1.165, 1.54) is 29.7 Å². The zero-order chi connectivity index (χ0) is 15.6. The number of aryl methyl sites for hydroxylation is 1. The summed E-state index contributed by atoms with van der Waals surface area (Å²) in [5.41, 5.74) is 0.328. The zero-order valence-electron chi connectivity index (χ0n) is 11.9. The summed E-state index contributed by atoms with van der Waals surface area (Å²) in [6, 6.07) is 2.59. The Morgan fingerprint density at radius 2 is 2.10 bits per heavy atom. The van der Waals surface area contributed by atoms with Gasteiger partial charge in [0, 0.05) is 17.3 Å². The average Bonchev–Trinajstić information content (AvgIpc) is 2.86. The molecule has 0 unspecified atom stereocenters. The van der Waals surface area contributed by atoms with E-state index in [1.807, 2.05) is 26.2 Å². The maximum Gasteiger partial charge on any atom is 0.335 e. The summed E-state index contributed by atoms with van der Waals surface area (Å²) in [6.45, 7) is 5.56. The van der Waals surface area contributed by atoms with Crippen LogP contribution in [0, 0.1) is 6.92 Å². The number of carboxylic acids is 1. The van der Waals surface area contributed by atoms with E-state index in [4.69, 9.17) is 5.11 Å². The molecule has 2 aromatic rings. The van der Waals surface area contributed by atoms with Gasteiger partial charge in [-0.3, -0.25) is 9.78 Å². The van der Waals surface area contributed by atoms with Gasteiger partial charge in [-0.25, -0.2) is 9.78 Å². The molecule has 2 rings (SSSR count). The number of pyridine rings is 1. The van der Waals surface area contributed by atoms with E-state index in [2.05, 4.69) is 15.3 Å². The van der Waals surface area contributed by atoms with Crippen LogP contribution in [0.4, 0.5) is 0 Å². The second kappa shape index (κ2) is 5.61. The Labute approximate surface area is 125 Å². The van der Waals surface area contributed by atoms with Crippen LogP contribution >= 0.6 is 11.3 Å². The van der Waals surface area contributed by atoms with E-state index >= 15 is 0 Å². The summed E-state index contributed by atoms with van der Waals surface area (Å²) in [5, 5.41) is 14.4. The summed E-state index contributed by atoms with van der Waals surface area (Å²) < 4.78 is 0. The molecule has 0 aliphatic carbocycles. The van der Waals surface area contributed by atoms with Gasteiger partial charge >= 0.3 is 5.97 Å². The molecule has 21 heavy (non-hydrogen) atoms. The molecule has 0 atom stereocenters. The molecule has 0 fully saturated rings. The van der Waals surface area contributed by atoms with Crippen molar-refractivity contribution >= 4 is 23.2 Å². The van der Waals surface area contributed by atoms with Gasteiger partial charge in [-0.15, -0.1) is 11.3 Å². The molecule has 0 aliphatic rings. The lowest BCUT2D eigenvalue weighted by atomic mass is 10.1.